The second-order valence-corrected chi connectivity index (χ2v) is 6.57. The first-order valence-corrected chi connectivity index (χ1v) is 8.14. The minimum absolute atomic E-state index is 0.0927. The number of hydrogen-bond acceptors (Lipinski definition) is 3. The number of hydrogen-bond donors (Lipinski definition) is 1. The number of nitrogens with one attached hydrogen (secondary N) is 1. The molecule has 2 fully saturated rings. The van der Waals surface area contributed by atoms with Crippen molar-refractivity contribution in [2.24, 2.45) is 5.92 Å². The molecule has 20 heavy (non-hydrogen) atoms. The molecule has 2 aliphatic rings. The molecule has 1 saturated heterocycles. The maximum atomic E-state index is 12.2. The number of likely N-dealkylation sites (tertiary alicyclic amines) is 1. The van der Waals surface area contributed by atoms with Crippen LogP contribution < -0.4 is 5.32 Å². The Morgan fingerprint density at radius 3 is 2.70 bits per heavy atom. The van der Waals surface area contributed by atoms with Crippen molar-refractivity contribution in [3.05, 3.63) is 0 Å². The lowest BCUT2D eigenvalue weighted by atomic mass is 9.79. The Balaban J connectivity index is 1.97. The van der Waals surface area contributed by atoms with Crippen LogP contribution in [0.2, 0.25) is 0 Å². The van der Waals surface area contributed by atoms with Crippen molar-refractivity contribution in [2.75, 3.05) is 13.1 Å². The Labute approximate surface area is 122 Å². The monoisotopic (exact) mass is 280 g/mol. The number of amides is 1. The van der Waals surface area contributed by atoms with E-state index in [4.69, 9.17) is 0 Å². The van der Waals surface area contributed by atoms with Gasteiger partial charge in [-0.3, -0.25) is 14.5 Å². The third-order valence-corrected chi connectivity index (χ3v) is 4.53. The van der Waals surface area contributed by atoms with Crippen LogP contribution in [-0.2, 0) is 9.59 Å². The third-order valence-electron chi connectivity index (χ3n) is 4.53. The Morgan fingerprint density at radius 1 is 1.25 bits per heavy atom. The highest BCUT2D eigenvalue weighted by Gasteiger charge is 2.35. The summed E-state index contributed by atoms with van der Waals surface area (Å²) in [5, 5.41) is 2.96. The molecule has 4 heteroatoms. The highest BCUT2D eigenvalue weighted by molar-refractivity contribution is 5.82. The fourth-order valence-electron chi connectivity index (χ4n) is 3.64. The zero-order chi connectivity index (χ0) is 14.5. The lowest BCUT2D eigenvalue weighted by molar-refractivity contribution is -0.130. The number of nitrogens with zero attached hydrogens (tertiary/aromatic N) is 1. The van der Waals surface area contributed by atoms with E-state index in [1.165, 1.54) is 12.8 Å². The van der Waals surface area contributed by atoms with Crippen molar-refractivity contribution in [3.8, 4) is 0 Å². The minimum Gasteiger partial charge on any atom is -0.353 e. The van der Waals surface area contributed by atoms with Crippen LogP contribution in [0, 0.1) is 5.92 Å². The number of ketones is 1. The van der Waals surface area contributed by atoms with Crippen molar-refractivity contribution >= 4 is 11.7 Å². The zero-order valence-electron chi connectivity index (χ0n) is 12.9. The summed E-state index contributed by atoms with van der Waals surface area (Å²) in [6.07, 6.45) is 7.39. The number of Topliss-reactive ketones (excluding diaryl/α,β-unsaturated/α-hetero) is 1. The van der Waals surface area contributed by atoms with Gasteiger partial charge in [-0.05, 0) is 46.1 Å². The smallest absolute Gasteiger partial charge is 0.234 e. The summed E-state index contributed by atoms with van der Waals surface area (Å²) in [6.45, 7) is 5.37. The molecule has 0 aromatic heterocycles. The van der Waals surface area contributed by atoms with Crippen LogP contribution >= 0.6 is 0 Å². The average molecular weight is 280 g/mol. The van der Waals surface area contributed by atoms with Crippen molar-refractivity contribution in [2.45, 2.75) is 70.9 Å². The predicted octanol–water partition coefficient (Wildman–Crippen LogP) is 2.12. The van der Waals surface area contributed by atoms with Crippen LogP contribution in [0.25, 0.3) is 0 Å². The fraction of sp³-hybridized carbons (Fsp3) is 0.875. The van der Waals surface area contributed by atoms with E-state index < -0.39 is 0 Å². The van der Waals surface area contributed by atoms with Gasteiger partial charge in [-0.15, -0.1) is 0 Å². The van der Waals surface area contributed by atoms with E-state index in [0.29, 0.717) is 18.4 Å². The van der Waals surface area contributed by atoms with Crippen molar-refractivity contribution in [1.82, 2.24) is 10.2 Å². The molecule has 0 radical (unpaired) electrons. The summed E-state index contributed by atoms with van der Waals surface area (Å²) in [7, 11) is 0. The largest absolute Gasteiger partial charge is 0.353 e. The summed E-state index contributed by atoms with van der Waals surface area (Å²) in [6, 6.07) is 0.483. The molecule has 0 aromatic rings. The molecule has 4 nitrogen and oxygen atoms in total. The minimum atomic E-state index is 0.0927. The van der Waals surface area contributed by atoms with Gasteiger partial charge in [0.2, 0.25) is 5.91 Å². The second kappa shape index (κ2) is 7.21. The Morgan fingerprint density at radius 2 is 2.00 bits per heavy atom. The van der Waals surface area contributed by atoms with Gasteiger partial charge in [0.1, 0.15) is 5.78 Å². The predicted molar refractivity (Wildman–Crippen MR) is 79.5 cm³/mol. The summed E-state index contributed by atoms with van der Waals surface area (Å²) in [5.41, 5.74) is 0. The van der Waals surface area contributed by atoms with E-state index in [1.54, 1.807) is 0 Å². The van der Waals surface area contributed by atoms with Crippen molar-refractivity contribution < 1.29 is 9.59 Å². The van der Waals surface area contributed by atoms with Gasteiger partial charge in [0.05, 0.1) is 6.54 Å². The molecule has 1 amide bonds. The molecule has 1 saturated carbocycles. The van der Waals surface area contributed by atoms with Crippen LogP contribution in [0.15, 0.2) is 0 Å². The highest BCUT2D eigenvalue weighted by atomic mass is 16.2. The van der Waals surface area contributed by atoms with E-state index in [1.807, 2.05) is 13.8 Å². The molecule has 1 heterocycles. The summed E-state index contributed by atoms with van der Waals surface area (Å²) in [4.78, 5) is 26.4. The van der Waals surface area contributed by atoms with Gasteiger partial charge in [-0.2, -0.15) is 0 Å². The third kappa shape index (κ3) is 4.05. The number of rotatable bonds is 4. The molecule has 2 atom stereocenters. The fourth-order valence-corrected chi connectivity index (χ4v) is 3.64. The lowest BCUT2D eigenvalue weighted by Gasteiger charge is -2.40. The molecule has 2 unspecified atom stereocenters. The molecule has 0 aromatic carbocycles. The molecule has 0 bridgehead atoms. The summed E-state index contributed by atoms with van der Waals surface area (Å²) < 4.78 is 0. The van der Waals surface area contributed by atoms with Gasteiger partial charge in [-0.25, -0.2) is 0 Å². The van der Waals surface area contributed by atoms with E-state index in [0.717, 1.165) is 38.6 Å². The molecule has 1 N–H and O–H groups in total. The summed E-state index contributed by atoms with van der Waals surface area (Å²) in [5.74, 6) is 0.698. The van der Waals surface area contributed by atoms with Crippen molar-refractivity contribution in [3.63, 3.8) is 0 Å². The van der Waals surface area contributed by atoms with Crippen LogP contribution in [0.5, 0.6) is 0 Å². The van der Waals surface area contributed by atoms with Crippen LogP contribution in [0.4, 0.5) is 0 Å². The standard InChI is InChI=1S/C16H28N2O2/c1-12(2)17-16(20)11-18-10-6-5-8-14(18)13-7-3-4-9-15(13)19/h12-14H,3-11H2,1-2H3,(H,17,20). The van der Waals surface area contributed by atoms with Gasteiger partial charge >= 0.3 is 0 Å². The maximum Gasteiger partial charge on any atom is 0.234 e. The van der Waals surface area contributed by atoms with Crippen molar-refractivity contribution in [1.29, 1.82) is 0 Å². The first-order chi connectivity index (χ1) is 9.58. The topological polar surface area (TPSA) is 49.4 Å². The normalized spacial score (nSPS) is 28.6. The quantitative estimate of drug-likeness (QED) is 0.858. The number of carbonyl (C=O) groups excluding carboxylic acids is 2. The SMILES string of the molecule is CC(C)NC(=O)CN1CCCCC1C1CCCCC1=O. The Bertz CT molecular complexity index is 354. The van der Waals surface area contributed by atoms with Crippen LogP contribution in [0.3, 0.4) is 0 Å². The van der Waals surface area contributed by atoms with Gasteiger partial charge in [0.25, 0.3) is 0 Å². The van der Waals surface area contributed by atoms with Gasteiger partial charge < -0.3 is 5.32 Å². The van der Waals surface area contributed by atoms with Crippen LogP contribution in [-0.4, -0.2) is 41.8 Å². The first-order valence-electron chi connectivity index (χ1n) is 8.14. The average Bonchev–Trinajstić information content (AvgIpc) is 2.39. The molecule has 1 aliphatic carbocycles. The zero-order valence-corrected chi connectivity index (χ0v) is 12.9. The lowest BCUT2D eigenvalue weighted by Crippen LogP contribution is -2.51. The molecule has 2 rings (SSSR count). The first kappa shape index (κ1) is 15.5. The number of carbonyl (C=O) groups is 2. The maximum absolute atomic E-state index is 12.2. The second-order valence-electron chi connectivity index (χ2n) is 6.57. The highest BCUT2D eigenvalue weighted by Crippen LogP contribution is 2.31. The van der Waals surface area contributed by atoms with E-state index in [-0.39, 0.29) is 17.9 Å². The Hall–Kier alpha value is -0.900. The molecule has 114 valence electrons. The van der Waals surface area contributed by atoms with Gasteiger partial charge in [0, 0.05) is 24.4 Å². The molecule has 1 aliphatic heterocycles. The summed E-state index contributed by atoms with van der Waals surface area (Å²) >= 11 is 0. The van der Waals surface area contributed by atoms with E-state index >= 15 is 0 Å². The number of piperidine rings is 1. The van der Waals surface area contributed by atoms with Gasteiger partial charge in [-0.1, -0.05) is 12.8 Å². The van der Waals surface area contributed by atoms with Crippen LogP contribution in [0.1, 0.15) is 58.8 Å². The van der Waals surface area contributed by atoms with E-state index in [2.05, 4.69) is 10.2 Å². The molecule has 0 spiro atoms. The molecular weight excluding hydrogens is 252 g/mol. The molecular formula is C16H28N2O2. The Kier molecular flexibility index (Phi) is 5.58. The van der Waals surface area contributed by atoms with Gasteiger partial charge in [0.15, 0.2) is 0 Å². The van der Waals surface area contributed by atoms with E-state index in [9.17, 15) is 9.59 Å².